The van der Waals surface area contributed by atoms with Crippen molar-refractivity contribution >= 4 is 6.72 Å². The molecule has 0 radical (unpaired) electrons. The third-order valence-electron chi connectivity index (χ3n) is 2.04. The second kappa shape index (κ2) is 3.88. The highest BCUT2D eigenvalue weighted by atomic mass is 14.7. The van der Waals surface area contributed by atoms with Crippen LogP contribution in [0.1, 0.15) is 41.5 Å². The summed E-state index contributed by atoms with van der Waals surface area (Å²) >= 11 is 0. The standard InChI is InChI=1S/C11H21N/c1-8(2)10(9(3)12-7)11(4,5)6/h9H,7H2,1-6H3. The molecule has 1 unspecified atom stereocenters. The van der Waals surface area contributed by atoms with E-state index in [4.69, 9.17) is 0 Å². The monoisotopic (exact) mass is 167 g/mol. The average Bonchev–Trinajstić information content (AvgIpc) is 1.83. The molecule has 0 bridgehead atoms. The van der Waals surface area contributed by atoms with Crippen LogP contribution in [-0.2, 0) is 0 Å². The summed E-state index contributed by atoms with van der Waals surface area (Å²) < 4.78 is 0. The number of allylic oxidation sites excluding steroid dienone is 1. The minimum atomic E-state index is 0.208. The number of hydrogen-bond donors (Lipinski definition) is 0. The number of aliphatic imine (C=N–C) groups is 1. The summed E-state index contributed by atoms with van der Waals surface area (Å²) in [6.45, 7) is 16.6. The molecule has 0 aliphatic rings. The molecule has 0 saturated heterocycles. The zero-order chi connectivity index (χ0) is 9.94. The molecule has 12 heavy (non-hydrogen) atoms. The third kappa shape index (κ3) is 2.80. The largest absolute Gasteiger partial charge is 0.293 e. The van der Waals surface area contributed by atoms with E-state index in [1.165, 1.54) is 11.1 Å². The molecule has 70 valence electrons. The van der Waals surface area contributed by atoms with Crippen molar-refractivity contribution < 1.29 is 0 Å². The van der Waals surface area contributed by atoms with E-state index >= 15 is 0 Å². The smallest absolute Gasteiger partial charge is 0.0681 e. The van der Waals surface area contributed by atoms with E-state index in [0.29, 0.717) is 0 Å². The Bertz CT molecular complexity index is 190. The molecule has 1 nitrogen and oxygen atoms in total. The molecule has 0 aromatic rings. The molecule has 0 N–H and O–H groups in total. The normalized spacial score (nSPS) is 13.8. The molecule has 0 rings (SSSR count). The summed E-state index contributed by atoms with van der Waals surface area (Å²) in [6, 6.07) is 0.245. The summed E-state index contributed by atoms with van der Waals surface area (Å²) in [5.41, 5.74) is 2.97. The highest BCUT2D eigenvalue weighted by Gasteiger charge is 2.22. The predicted molar refractivity (Wildman–Crippen MR) is 56.8 cm³/mol. The average molecular weight is 167 g/mol. The fraction of sp³-hybridized carbons (Fsp3) is 0.727. The maximum atomic E-state index is 4.07. The van der Waals surface area contributed by atoms with Crippen molar-refractivity contribution in [2.75, 3.05) is 0 Å². The predicted octanol–water partition coefficient (Wildman–Crippen LogP) is 3.46. The summed E-state index contributed by atoms with van der Waals surface area (Å²) in [6.07, 6.45) is 0. The summed E-state index contributed by atoms with van der Waals surface area (Å²) in [4.78, 5) is 4.07. The van der Waals surface area contributed by atoms with Crippen molar-refractivity contribution in [2.24, 2.45) is 10.4 Å². The molecule has 0 aromatic heterocycles. The zero-order valence-corrected chi connectivity index (χ0v) is 9.23. The van der Waals surface area contributed by atoms with E-state index in [1.54, 1.807) is 0 Å². The van der Waals surface area contributed by atoms with Crippen molar-refractivity contribution in [1.82, 2.24) is 0 Å². The van der Waals surface area contributed by atoms with Gasteiger partial charge in [-0.05, 0) is 38.5 Å². The lowest BCUT2D eigenvalue weighted by atomic mass is 9.80. The Balaban J connectivity index is 4.96. The molecular formula is C11H21N. The fourth-order valence-electron chi connectivity index (χ4n) is 1.89. The van der Waals surface area contributed by atoms with Gasteiger partial charge < -0.3 is 0 Å². The van der Waals surface area contributed by atoms with E-state index in [2.05, 4.69) is 53.3 Å². The quantitative estimate of drug-likeness (QED) is 0.441. The van der Waals surface area contributed by atoms with Gasteiger partial charge in [-0.25, -0.2) is 0 Å². The molecule has 0 aliphatic heterocycles. The van der Waals surface area contributed by atoms with Crippen molar-refractivity contribution in [3.8, 4) is 0 Å². The molecule has 0 spiro atoms. The third-order valence-corrected chi connectivity index (χ3v) is 2.04. The van der Waals surface area contributed by atoms with E-state index in [9.17, 15) is 0 Å². The van der Waals surface area contributed by atoms with Gasteiger partial charge in [0.05, 0.1) is 6.04 Å². The van der Waals surface area contributed by atoms with Gasteiger partial charge in [0.1, 0.15) is 0 Å². The molecule has 0 aromatic carbocycles. The Hall–Kier alpha value is -0.590. The molecule has 1 heteroatoms. The molecular weight excluding hydrogens is 146 g/mol. The molecule has 0 saturated carbocycles. The number of nitrogens with zero attached hydrogens (tertiary/aromatic N) is 1. The fourth-order valence-corrected chi connectivity index (χ4v) is 1.89. The first kappa shape index (κ1) is 11.4. The van der Waals surface area contributed by atoms with Gasteiger partial charge >= 0.3 is 0 Å². The Morgan fingerprint density at radius 1 is 1.25 bits per heavy atom. The lowest BCUT2D eigenvalue weighted by Crippen LogP contribution is -2.19. The Morgan fingerprint density at radius 2 is 1.67 bits per heavy atom. The Kier molecular flexibility index (Phi) is 3.69. The SMILES string of the molecule is C=NC(C)C(=C(C)C)C(C)(C)C. The van der Waals surface area contributed by atoms with Crippen molar-refractivity contribution in [3.63, 3.8) is 0 Å². The minimum absolute atomic E-state index is 0.208. The Morgan fingerprint density at radius 3 is 1.75 bits per heavy atom. The van der Waals surface area contributed by atoms with Crippen molar-refractivity contribution in [1.29, 1.82) is 0 Å². The summed E-state index contributed by atoms with van der Waals surface area (Å²) in [5.74, 6) is 0. The second-order valence-electron chi connectivity index (χ2n) is 4.52. The molecule has 0 amide bonds. The maximum Gasteiger partial charge on any atom is 0.0681 e. The first-order chi connectivity index (χ1) is 5.30. The van der Waals surface area contributed by atoms with Gasteiger partial charge in [0.25, 0.3) is 0 Å². The number of rotatable bonds is 2. The van der Waals surface area contributed by atoms with Crippen LogP contribution in [0.5, 0.6) is 0 Å². The van der Waals surface area contributed by atoms with Crippen LogP contribution < -0.4 is 0 Å². The van der Waals surface area contributed by atoms with Gasteiger partial charge in [-0.2, -0.15) is 0 Å². The maximum absolute atomic E-state index is 4.07. The van der Waals surface area contributed by atoms with Crippen LogP contribution >= 0.6 is 0 Å². The van der Waals surface area contributed by atoms with Gasteiger partial charge in [0.15, 0.2) is 0 Å². The van der Waals surface area contributed by atoms with Crippen LogP contribution in [-0.4, -0.2) is 12.8 Å². The van der Waals surface area contributed by atoms with Crippen molar-refractivity contribution in [3.05, 3.63) is 11.1 Å². The molecule has 1 atom stereocenters. The molecule has 0 fully saturated rings. The molecule has 0 aliphatic carbocycles. The van der Waals surface area contributed by atoms with Gasteiger partial charge in [-0.3, -0.25) is 4.99 Å². The Labute approximate surface area is 76.6 Å². The second-order valence-corrected chi connectivity index (χ2v) is 4.52. The molecule has 0 heterocycles. The van der Waals surface area contributed by atoms with E-state index < -0.39 is 0 Å². The zero-order valence-electron chi connectivity index (χ0n) is 9.23. The lowest BCUT2D eigenvalue weighted by molar-refractivity contribution is 0.464. The number of hydrogen-bond acceptors (Lipinski definition) is 1. The first-order valence-electron chi connectivity index (χ1n) is 4.44. The van der Waals surface area contributed by atoms with E-state index in [-0.39, 0.29) is 11.5 Å². The topological polar surface area (TPSA) is 12.4 Å². The van der Waals surface area contributed by atoms with Crippen LogP contribution in [0.4, 0.5) is 0 Å². The van der Waals surface area contributed by atoms with Crippen LogP contribution in [0.2, 0.25) is 0 Å². The van der Waals surface area contributed by atoms with Crippen LogP contribution in [0.3, 0.4) is 0 Å². The van der Waals surface area contributed by atoms with Crippen LogP contribution in [0, 0.1) is 5.41 Å². The van der Waals surface area contributed by atoms with Gasteiger partial charge in [0, 0.05) is 0 Å². The van der Waals surface area contributed by atoms with Crippen molar-refractivity contribution in [2.45, 2.75) is 47.6 Å². The first-order valence-corrected chi connectivity index (χ1v) is 4.44. The van der Waals surface area contributed by atoms with Gasteiger partial charge in [-0.1, -0.05) is 26.3 Å². The minimum Gasteiger partial charge on any atom is -0.293 e. The van der Waals surface area contributed by atoms with Gasteiger partial charge in [-0.15, -0.1) is 0 Å². The van der Waals surface area contributed by atoms with Crippen LogP contribution in [0.15, 0.2) is 16.1 Å². The van der Waals surface area contributed by atoms with E-state index in [1.807, 2.05) is 0 Å². The van der Waals surface area contributed by atoms with Crippen LogP contribution in [0.25, 0.3) is 0 Å². The summed E-state index contributed by atoms with van der Waals surface area (Å²) in [5, 5.41) is 0. The lowest BCUT2D eigenvalue weighted by Gasteiger charge is -2.27. The van der Waals surface area contributed by atoms with Gasteiger partial charge in [0.2, 0.25) is 0 Å². The highest BCUT2D eigenvalue weighted by Crippen LogP contribution is 2.31. The van der Waals surface area contributed by atoms with E-state index in [0.717, 1.165) is 0 Å². The highest BCUT2D eigenvalue weighted by molar-refractivity contribution is 5.30. The summed E-state index contributed by atoms with van der Waals surface area (Å²) in [7, 11) is 0.